The maximum Gasteiger partial charge on any atom is 0.410 e. The summed E-state index contributed by atoms with van der Waals surface area (Å²) < 4.78 is 5.52. The highest BCUT2D eigenvalue weighted by molar-refractivity contribution is 14.0. The first kappa shape index (κ1) is 25.8. The van der Waals surface area contributed by atoms with Crippen LogP contribution >= 0.6 is 24.0 Å². The van der Waals surface area contributed by atoms with Crippen LogP contribution in [0.4, 0.5) is 4.79 Å². The van der Waals surface area contributed by atoms with Crippen molar-refractivity contribution in [1.29, 1.82) is 0 Å². The Morgan fingerprint density at radius 1 is 1.12 bits per heavy atom. The molecule has 184 valence electrons. The highest BCUT2D eigenvalue weighted by atomic mass is 127. The SMILES string of the molecule is CN=C(NCCN1C(=O)C2C3C=CC(C3)C2C1=O)NCCN(C(=O)OC(C)(C)C)C1CC1.I. The van der Waals surface area contributed by atoms with Crippen LogP contribution in [0.5, 0.6) is 0 Å². The molecule has 3 amide bonds. The molecule has 2 N–H and O–H groups in total. The second-order valence-corrected chi connectivity index (χ2v) is 10.2. The second-order valence-electron chi connectivity index (χ2n) is 10.2. The van der Waals surface area contributed by atoms with Crippen LogP contribution in [0, 0.1) is 23.7 Å². The van der Waals surface area contributed by atoms with E-state index < -0.39 is 5.60 Å². The Hall–Kier alpha value is -1.85. The van der Waals surface area contributed by atoms with Gasteiger partial charge in [-0.3, -0.25) is 19.5 Å². The molecule has 4 atom stereocenters. The molecule has 2 bridgehead atoms. The van der Waals surface area contributed by atoms with E-state index in [9.17, 15) is 14.4 Å². The molecule has 0 aromatic rings. The van der Waals surface area contributed by atoms with Crippen molar-refractivity contribution in [1.82, 2.24) is 20.4 Å². The fourth-order valence-corrected chi connectivity index (χ4v) is 5.12. The number of guanidine groups is 1. The molecular formula is C23H36IN5O4. The van der Waals surface area contributed by atoms with E-state index in [0.717, 1.165) is 19.3 Å². The average Bonchev–Trinajstić information content (AvgIpc) is 3.26. The van der Waals surface area contributed by atoms with Gasteiger partial charge in [0.1, 0.15) is 5.60 Å². The largest absolute Gasteiger partial charge is 0.444 e. The van der Waals surface area contributed by atoms with Gasteiger partial charge in [-0.15, -0.1) is 24.0 Å². The topological polar surface area (TPSA) is 103 Å². The Labute approximate surface area is 212 Å². The quantitative estimate of drug-likeness (QED) is 0.159. The molecule has 10 heteroatoms. The lowest BCUT2D eigenvalue weighted by molar-refractivity contribution is -0.140. The number of amides is 3. The van der Waals surface area contributed by atoms with Crippen LogP contribution in [0.2, 0.25) is 0 Å². The van der Waals surface area contributed by atoms with E-state index >= 15 is 0 Å². The minimum absolute atomic E-state index is 0. The summed E-state index contributed by atoms with van der Waals surface area (Å²) in [7, 11) is 1.67. The number of ether oxygens (including phenoxy) is 1. The molecular weight excluding hydrogens is 537 g/mol. The summed E-state index contributed by atoms with van der Waals surface area (Å²) in [6, 6.07) is 0.248. The van der Waals surface area contributed by atoms with E-state index in [1.165, 1.54) is 4.90 Å². The number of halogens is 1. The van der Waals surface area contributed by atoms with E-state index in [1.807, 2.05) is 20.8 Å². The van der Waals surface area contributed by atoms with Crippen molar-refractivity contribution in [2.45, 2.75) is 51.7 Å². The molecule has 1 saturated heterocycles. The lowest BCUT2D eigenvalue weighted by atomic mass is 9.85. The molecule has 0 spiro atoms. The van der Waals surface area contributed by atoms with Crippen LogP contribution in [-0.4, -0.2) is 78.5 Å². The zero-order valence-corrected chi connectivity index (χ0v) is 22.2. The summed E-state index contributed by atoms with van der Waals surface area (Å²) in [4.78, 5) is 45.4. The van der Waals surface area contributed by atoms with E-state index in [2.05, 4.69) is 27.8 Å². The Kier molecular flexibility index (Phi) is 7.95. The lowest BCUT2D eigenvalue weighted by Crippen LogP contribution is -2.47. The average molecular weight is 573 g/mol. The molecule has 0 aromatic carbocycles. The predicted octanol–water partition coefficient (Wildman–Crippen LogP) is 1.98. The van der Waals surface area contributed by atoms with Crippen LogP contribution < -0.4 is 10.6 Å². The molecule has 4 unspecified atom stereocenters. The van der Waals surface area contributed by atoms with Gasteiger partial charge in [0.05, 0.1) is 11.8 Å². The van der Waals surface area contributed by atoms with E-state index in [-0.39, 0.29) is 71.6 Å². The number of likely N-dealkylation sites (tertiary alicyclic amines) is 1. The van der Waals surface area contributed by atoms with Crippen molar-refractivity contribution in [2.24, 2.45) is 28.7 Å². The maximum absolute atomic E-state index is 12.8. The molecule has 4 rings (SSSR count). The summed E-state index contributed by atoms with van der Waals surface area (Å²) in [6.45, 7) is 7.40. The third-order valence-corrected chi connectivity index (χ3v) is 6.67. The molecule has 4 aliphatic rings. The molecule has 3 aliphatic carbocycles. The van der Waals surface area contributed by atoms with Gasteiger partial charge in [0, 0.05) is 39.3 Å². The minimum Gasteiger partial charge on any atom is -0.444 e. The zero-order chi connectivity index (χ0) is 23.0. The van der Waals surface area contributed by atoms with Crippen LogP contribution in [-0.2, 0) is 14.3 Å². The van der Waals surface area contributed by atoms with Gasteiger partial charge in [-0.05, 0) is 51.9 Å². The first-order chi connectivity index (χ1) is 15.2. The van der Waals surface area contributed by atoms with Crippen molar-refractivity contribution in [2.75, 3.05) is 33.2 Å². The van der Waals surface area contributed by atoms with Crippen molar-refractivity contribution < 1.29 is 19.1 Å². The predicted molar refractivity (Wildman–Crippen MR) is 135 cm³/mol. The van der Waals surface area contributed by atoms with Crippen LogP contribution in [0.1, 0.15) is 40.0 Å². The Morgan fingerprint density at radius 3 is 2.21 bits per heavy atom. The van der Waals surface area contributed by atoms with Gasteiger partial charge < -0.3 is 20.3 Å². The van der Waals surface area contributed by atoms with E-state index in [0.29, 0.717) is 32.1 Å². The number of nitrogens with one attached hydrogen (secondary N) is 2. The smallest absolute Gasteiger partial charge is 0.410 e. The minimum atomic E-state index is -0.520. The van der Waals surface area contributed by atoms with Gasteiger partial charge >= 0.3 is 6.09 Å². The van der Waals surface area contributed by atoms with Gasteiger partial charge in [-0.2, -0.15) is 0 Å². The van der Waals surface area contributed by atoms with Crippen molar-refractivity contribution in [3.8, 4) is 0 Å². The van der Waals surface area contributed by atoms with Crippen molar-refractivity contribution >= 4 is 47.8 Å². The normalized spacial score (nSPS) is 28.0. The van der Waals surface area contributed by atoms with Gasteiger partial charge in [0.15, 0.2) is 5.96 Å². The number of hydrogen-bond donors (Lipinski definition) is 2. The number of allylic oxidation sites excluding steroid dienone is 2. The van der Waals surface area contributed by atoms with E-state index in [1.54, 1.807) is 11.9 Å². The Bertz CT molecular complexity index is 805. The summed E-state index contributed by atoms with van der Waals surface area (Å²) in [5.74, 6) is 0.665. The Balaban J connectivity index is 0.00000306. The fourth-order valence-electron chi connectivity index (χ4n) is 5.12. The molecule has 9 nitrogen and oxygen atoms in total. The zero-order valence-electron chi connectivity index (χ0n) is 19.9. The molecule has 0 radical (unpaired) electrons. The number of fused-ring (bicyclic) bond motifs is 5. The number of carbonyl (C=O) groups excluding carboxylic acids is 3. The first-order valence-electron chi connectivity index (χ1n) is 11.7. The molecule has 1 heterocycles. The third kappa shape index (κ3) is 5.63. The Morgan fingerprint density at radius 2 is 1.70 bits per heavy atom. The third-order valence-electron chi connectivity index (χ3n) is 6.67. The van der Waals surface area contributed by atoms with Crippen LogP contribution in [0.15, 0.2) is 17.1 Å². The number of rotatable bonds is 7. The molecule has 0 aromatic heterocycles. The standard InChI is InChI=1S/C23H35N5O4.HI/c1-23(2,3)32-22(31)27(16-7-8-16)11-9-25-21(24-4)26-10-12-28-19(29)17-14-5-6-15(13-14)18(17)20(28)30;/h5-6,14-18H,7-13H2,1-4H3,(H2,24,25,26);1H. The van der Waals surface area contributed by atoms with Gasteiger partial charge in [0.2, 0.25) is 11.8 Å². The molecule has 2 saturated carbocycles. The monoisotopic (exact) mass is 573 g/mol. The van der Waals surface area contributed by atoms with Crippen LogP contribution in [0.3, 0.4) is 0 Å². The van der Waals surface area contributed by atoms with E-state index in [4.69, 9.17) is 4.74 Å². The van der Waals surface area contributed by atoms with Crippen molar-refractivity contribution in [3.05, 3.63) is 12.2 Å². The number of carbonyl (C=O) groups is 3. The maximum atomic E-state index is 12.8. The summed E-state index contributed by atoms with van der Waals surface area (Å²) in [5, 5.41) is 6.37. The number of nitrogens with zero attached hydrogens (tertiary/aromatic N) is 3. The van der Waals surface area contributed by atoms with Gasteiger partial charge in [0.25, 0.3) is 0 Å². The summed E-state index contributed by atoms with van der Waals surface area (Å²) >= 11 is 0. The highest BCUT2D eigenvalue weighted by Gasteiger charge is 2.58. The summed E-state index contributed by atoms with van der Waals surface area (Å²) in [5.41, 5.74) is -0.520. The molecule has 3 fully saturated rings. The lowest BCUT2D eigenvalue weighted by Gasteiger charge is -2.27. The van der Waals surface area contributed by atoms with Crippen molar-refractivity contribution in [3.63, 3.8) is 0 Å². The number of hydrogen-bond acceptors (Lipinski definition) is 5. The second kappa shape index (κ2) is 10.2. The van der Waals surface area contributed by atoms with Gasteiger partial charge in [-0.1, -0.05) is 12.2 Å². The fraction of sp³-hybridized carbons (Fsp3) is 0.739. The number of imide groups is 1. The first-order valence-corrected chi connectivity index (χ1v) is 11.7. The highest BCUT2D eigenvalue weighted by Crippen LogP contribution is 2.52. The summed E-state index contributed by atoms with van der Waals surface area (Å²) in [6.07, 6.45) is 6.87. The molecule has 1 aliphatic heterocycles. The number of aliphatic imine (C=N–C) groups is 1. The van der Waals surface area contributed by atoms with Crippen LogP contribution in [0.25, 0.3) is 0 Å². The molecule has 33 heavy (non-hydrogen) atoms. The van der Waals surface area contributed by atoms with Gasteiger partial charge in [-0.25, -0.2) is 4.79 Å².